The molecule has 2 aromatic heterocycles. The molecule has 0 bridgehead atoms. The average Bonchev–Trinajstić information content (AvgIpc) is 3.26. The van der Waals surface area contributed by atoms with E-state index in [2.05, 4.69) is 16.1 Å². The van der Waals surface area contributed by atoms with E-state index in [9.17, 15) is 9.90 Å². The van der Waals surface area contributed by atoms with Gasteiger partial charge in [0.1, 0.15) is 0 Å². The number of β-amino-alcohol motifs (C(OH)–C–C–N with tert-alkyl or cyclic N) is 1. The topological polar surface area (TPSA) is 71.2 Å². The van der Waals surface area contributed by atoms with Crippen LogP contribution in [0.2, 0.25) is 0 Å². The standard InChI is InChI=1S/C21H24N4O2/c1-15-7-10-25(23-15)11-8-21(27)24-13-17(20(26)14-24)12-16-6-9-22-19-5-3-2-4-18(16)19/h2-7,9-10,17,20,26H,8,11-14H2,1H3/t17-,20+/m1/s1. The minimum Gasteiger partial charge on any atom is -0.391 e. The summed E-state index contributed by atoms with van der Waals surface area (Å²) in [7, 11) is 0. The number of benzene rings is 1. The van der Waals surface area contributed by atoms with E-state index in [1.807, 2.05) is 49.6 Å². The highest BCUT2D eigenvalue weighted by Crippen LogP contribution is 2.25. The highest BCUT2D eigenvalue weighted by Gasteiger charge is 2.34. The van der Waals surface area contributed by atoms with Gasteiger partial charge >= 0.3 is 0 Å². The molecule has 1 fully saturated rings. The predicted molar refractivity (Wildman–Crippen MR) is 103 cm³/mol. The Morgan fingerprint density at radius 2 is 2.07 bits per heavy atom. The number of hydrogen-bond donors (Lipinski definition) is 1. The summed E-state index contributed by atoms with van der Waals surface area (Å²) in [6.07, 6.45) is 4.35. The van der Waals surface area contributed by atoms with Crippen molar-refractivity contribution in [1.82, 2.24) is 19.7 Å². The zero-order valence-corrected chi connectivity index (χ0v) is 15.5. The van der Waals surface area contributed by atoms with E-state index in [1.54, 1.807) is 9.58 Å². The van der Waals surface area contributed by atoms with Crippen molar-refractivity contribution in [2.24, 2.45) is 5.92 Å². The first kappa shape index (κ1) is 17.7. The second-order valence-corrected chi connectivity index (χ2v) is 7.29. The second kappa shape index (κ2) is 7.48. The van der Waals surface area contributed by atoms with Crippen molar-refractivity contribution < 1.29 is 9.90 Å². The molecule has 1 amide bonds. The van der Waals surface area contributed by atoms with E-state index >= 15 is 0 Å². The minimum atomic E-state index is -0.493. The number of aliphatic hydroxyl groups is 1. The Labute approximate surface area is 158 Å². The fourth-order valence-electron chi connectivity index (χ4n) is 3.83. The molecule has 0 spiro atoms. The van der Waals surface area contributed by atoms with Gasteiger partial charge in [-0.2, -0.15) is 5.10 Å². The van der Waals surface area contributed by atoms with Crippen molar-refractivity contribution in [2.45, 2.75) is 32.4 Å². The minimum absolute atomic E-state index is 0.0479. The first-order valence-corrected chi connectivity index (χ1v) is 9.38. The number of carbonyl (C=O) groups is 1. The number of para-hydroxylation sites is 1. The third-order valence-electron chi connectivity index (χ3n) is 5.31. The molecule has 1 aromatic carbocycles. The van der Waals surface area contributed by atoms with Crippen molar-refractivity contribution in [3.8, 4) is 0 Å². The maximum Gasteiger partial charge on any atom is 0.224 e. The molecule has 0 aliphatic carbocycles. The number of aryl methyl sites for hydroxylation is 2. The fourth-order valence-corrected chi connectivity index (χ4v) is 3.83. The van der Waals surface area contributed by atoms with E-state index in [0.29, 0.717) is 26.1 Å². The van der Waals surface area contributed by atoms with Crippen LogP contribution in [0, 0.1) is 12.8 Å². The molecular formula is C21H24N4O2. The summed E-state index contributed by atoms with van der Waals surface area (Å²) in [4.78, 5) is 18.7. The van der Waals surface area contributed by atoms with Gasteiger partial charge in [0.15, 0.2) is 0 Å². The molecule has 3 aromatic rings. The summed E-state index contributed by atoms with van der Waals surface area (Å²) in [5.41, 5.74) is 3.08. The first-order chi connectivity index (χ1) is 13.1. The van der Waals surface area contributed by atoms with Crippen LogP contribution in [-0.4, -0.2) is 49.9 Å². The third-order valence-corrected chi connectivity index (χ3v) is 5.31. The summed E-state index contributed by atoms with van der Waals surface area (Å²) in [6, 6.07) is 12.0. The van der Waals surface area contributed by atoms with Gasteiger partial charge in [0.2, 0.25) is 5.91 Å². The molecular weight excluding hydrogens is 340 g/mol. The molecule has 0 unspecified atom stereocenters. The molecule has 4 rings (SSSR count). The number of fused-ring (bicyclic) bond motifs is 1. The first-order valence-electron chi connectivity index (χ1n) is 9.38. The van der Waals surface area contributed by atoms with Crippen LogP contribution >= 0.6 is 0 Å². The number of amides is 1. The Morgan fingerprint density at radius 1 is 1.22 bits per heavy atom. The van der Waals surface area contributed by atoms with Crippen LogP contribution in [0.1, 0.15) is 17.7 Å². The maximum absolute atomic E-state index is 12.5. The maximum atomic E-state index is 12.5. The normalized spacial score (nSPS) is 19.7. The van der Waals surface area contributed by atoms with Crippen LogP contribution in [0.4, 0.5) is 0 Å². The van der Waals surface area contributed by atoms with Gasteiger partial charge in [0.25, 0.3) is 0 Å². The lowest BCUT2D eigenvalue weighted by atomic mass is 9.94. The van der Waals surface area contributed by atoms with Gasteiger partial charge in [-0.15, -0.1) is 0 Å². The smallest absolute Gasteiger partial charge is 0.224 e. The lowest BCUT2D eigenvalue weighted by Crippen LogP contribution is -2.30. The fraction of sp³-hybridized carbons (Fsp3) is 0.381. The number of rotatable bonds is 5. The number of carbonyl (C=O) groups excluding carboxylic acids is 1. The van der Waals surface area contributed by atoms with Crippen LogP contribution in [0.5, 0.6) is 0 Å². The second-order valence-electron chi connectivity index (χ2n) is 7.29. The van der Waals surface area contributed by atoms with Gasteiger partial charge in [0, 0.05) is 49.8 Å². The van der Waals surface area contributed by atoms with E-state index in [1.165, 1.54) is 5.56 Å². The zero-order chi connectivity index (χ0) is 18.8. The van der Waals surface area contributed by atoms with Crippen molar-refractivity contribution in [2.75, 3.05) is 13.1 Å². The van der Waals surface area contributed by atoms with Gasteiger partial charge in [0.05, 0.1) is 17.3 Å². The number of likely N-dealkylation sites (tertiary alicyclic amines) is 1. The van der Waals surface area contributed by atoms with E-state index in [-0.39, 0.29) is 11.8 Å². The van der Waals surface area contributed by atoms with E-state index in [0.717, 1.165) is 23.0 Å². The van der Waals surface area contributed by atoms with Gasteiger partial charge < -0.3 is 10.0 Å². The highest BCUT2D eigenvalue weighted by molar-refractivity contribution is 5.82. The zero-order valence-electron chi connectivity index (χ0n) is 15.5. The Balaban J connectivity index is 1.39. The summed E-state index contributed by atoms with van der Waals surface area (Å²) in [5.74, 6) is 0.121. The number of aliphatic hydroxyl groups excluding tert-OH is 1. The van der Waals surface area contributed by atoms with E-state index in [4.69, 9.17) is 0 Å². The predicted octanol–water partition coefficient (Wildman–Crippen LogP) is 2.19. The Bertz CT molecular complexity index is 947. The van der Waals surface area contributed by atoms with Gasteiger partial charge in [-0.1, -0.05) is 18.2 Å². The Hall–Kier alpha value is -2.73. The number of hydrogen-bond acceptors (Lipinski definition) is 4. The van der Waals surface area contributed by atoms with Crippen LogP contribution in [0.15, 0.2) is 48.8 Å². The molecule has 140 valence electrons. The monoisotopic (exact) mass is 364 g/mol. The Kier molecular flexibility index (Phi) is 4.90. The lowest BCUT2D eigenvalue weighted by Gasteiger charge is -2.16. The molecule has 1 aliphatic rings. The van der Waals surface area contributed by atoms with Gasteiger partial charge in [-0.25, -0.2) is 0 Å². The number of pyridine rings is 1. The van der Waals surface area contributed by atoms with Crippen molar-refractivity contribution in [1.29, 1.82) is 0 Å². The number of nitrogens with zero attached hydrogens (tertiary/aromatic N) is 4. The third kappa shape index (κ3) is 3.85. The molecule has 1 saturated heterocycles. The molecule has 27 heavy (non-hydrogen) atoms. The lowest BCUT2D eigenvalue weighted by molar-refractivity contribution is -0.130. The molecule has 1 aliphatic heterocycles. The van der Waals surface area contributed by atoms with Crippen LogP contribution in [0.25, 0.3) is 10.9 Å². The van der Waals surface area contributed by atoms with Gasteiger partial charge in [-0.05, 0) is 37.1 Å². The molecule has 2 atom stereocenters. The van der Waals surface area contributed by atoms with Crippen LogP contribution in [-0.2, 0) is 17.8 Å². The van der Waals surface area contributed by atoms with Crippen molar-refractivity contribution in [3.63, 3.8) is 0 Å². The molecule has 6 nitrogen and oxygen atoms in total. The quantitative estimate of drug-likeness (QED) is 0.753. The van der Waals surface area contributed by atoms with Crippen LogP contribution < -0.4 is 0 Å². The summed E-state index contributed by atoms with van der Waals surface area (Å²) in [5, 5.41) is 15.9. The highest BCUT2D eigenvalue weighted by atomic mass is 16.3. The number of aromatic nitrogens is 3. The largest absolute Gasteiger partial charge is 0.391 e. The van der Waals surface area contributed by atoms with E-state index < -0.39 is 6.10 Å². The summed E-state index contributed by atoms with van der Waals surface area (Å²) in [6.45, 7) is 3.50. The van der Waals surface area contributed by atoms with Gasteiger partial charge in [-0.3, -0.25) is 14.5 Å². The van der Waals surface area contributed by atoms with Crippen molar-refractivity contribution >= 4 is 16.8 Å². The molecule has 0 radical (unpaired) electrons. The molecule has 3 heterocycles. The molecule has 6 heteroatoms. The molecule has 1 N–H and O–H groups in total. The van der Waals surface area contributed by atoms with Crippen molar-refractivity contribution in [3.05, 3.63) is 60.0 Å². The van der Waals surface area contributed by atoms with Crippen LogP contribution in [0.3, 0.4) is 0 Å². The Morgan fingerprint density at radius 3 is 2.89 bits per heavy atom. The average molecular weight is 364 g/mol. The summed E-state index contributed by atoms with van der Waals surface area (Å²) >= 11 is 0. The molecule has 0 saturated carbocycles. The SMILES string of the molecule is Cc1ccn(CCC(=O)N2C[C@@H](Cc3ccnc4ccccc34)[C@@H](O)C2)n1. The summed E-state index contributed by atoms with van der Waals surface area (Å²) < 4.78 is 1.79.